The molecule has 1 heterocycles. The molecule has 0 saturated carbocycles. The molecule has 2 aromatic carbocycles. The number of rotatable bonds is 7. The highest BCUT2D eigenvalue weighted by Crippen LogP contribution is 2.30. The maximum atomic E-state index is 12.0. The molecule has 0 unspecified atom stereocenters. The van der Waals surface area contributed by atoms with Gasteiger partial charge in [0.15, 0.2) is 0 Å². The highest BCUT2D eigenvalue weighted by Gasteiger charge is 2.15. The zero-order valence-corrected chi connectivity index (χ0v) is 18.1. The van der Waals surface area contributed by atoms with Crippen molar-refractivity contribution in [1.82, 2.24) is 20.5 Å². The standard InChI is InChI=1S/C23H26N4OS/c1-15(2)13-24-20(28)14-29-23-25-21(18-9-5-16(3)6-10-18)22(26-27-23)19-11-7-17(4)8-12-19/h5-12,15H,13-14H2,1-4H3,(H,24,28). The molecule has 6 heteroatoms. The lowest BCUT2D eigenvalue weighted by Crippen LogP contribution is -2.28. The summed E-state index contributed by atoms with van der Waals surface area (Å²) in [6.45, 7) is 8.91. The van der Waals surface area contributed by atoms with Crippen LogP contribution in [0.2, 0.25) is 0 Å². The Morgan fingerprint density at radius 1 is 0.897 bits per heavy atom. The van der Waals surface area contributed by atoms with Crippen molar-refractivity contribution in [1.29, 1.82) is 0 Å². The van der Waals surface area contributed by atoms with Gasteiger partial charge in [-0.3, -0.25) is 4.79 Å². The van der Waals surface area contributed by atoms with Crippen molar-refractivity contribution in [2.75, 3.05) is 12.3 Å². The van der Waals surface area contributed by atoms with Crippen LogP contribution in [-0.2, 0) is 4.79 Å². The first-order valence-electron chi connectivity index (χ1n) is 9.70. The van der Waals surface area contributed by atoms with Crippen LogP contribution in [0.3, 0.4) is 0 Å². The number of aryl methyl sites for hydroxylation is 2. The summed E-state index contributed by atoms with van der Waals surface area (Å²) >= 11 is 1.30. The lowest BCUT2D eigenvalue weighted by Gasteiger charge is -2.10. The molecule has 0 radical (unpaired) electrons. The van der Waals surface area contributed by atoms with E-state index in [9.17, 15) is 4.79 Å². The molecule has 0 bridgehead atoms. The molecule has 0 aliphatic rings. The molecular weight excluding hydrogens is 380 g/mol. The first kappa shape index (κ1) is 21.0. The van der Waals surface area contributed by atoms with Gasteiger partial charge in [0.2, 0.25) is 11.1 Å². The van der Waals surface area contributed by atoms with Crippen molar-refractivity contribution < 1.29 is 4.79 Å². The third-order valence-corrected chi connectivity index (χ3v) is 5.19. The fourth-order valence-corrected chi connectivity index (χ4v) is 3.31. The summed E-state index contributed by atoms with van der Waals surface area (Å²) in [7, 11) is 0. The molecule has 3 aromatic rings. The maximum Gasteiger partial charge on any atom is 0.230 e. The minimum atomic E-state index is -0.0215. The lowest BCUT2D eigenvalue weighted by atomic mass is 10.0. The van der Waals surface area contributed by atoms with Gasteiger partial charge in [-0.15, -0.1) is 10.2 Å². The van der Waals surface area contributed by atoms with Gasteiger partial charge in [0.1, 0.15) is 11.4 Å². The van der Waals surface area contributed by atoms with Crippen LogP contribution in [0.15, 0.2) is 53.7 Å². The largest absolute Gasteiger partial charge is 0.355 e. The monoisotopic (exact) mass is 406 g/mol. The van der Waals surface area contributed by atoms with Gasteiger partial charge >= 0.3 is 0 Å². The van der Waals surface area contributed by atoms with Crippen LogP contribution in [-0.4, -0.2) is 33.4 Å². The van der Waals surface area contributed by atoms with Crippen LogP contribution in [0, 0.1) is 19.8 Å². The van der Waals surface area contributed by atoms with E-state index in [0.717, 1.165) is 22.5 Å². The van der Waals surface area contributed by atoms with Gasteiger partial charge in [0.05, 0.1) is 5.75 Å². The maximum absolute atomic E-state index is 12.0. The number of amides is 1. The second kappa shape index (κ2) is 9.65. The first-order valence-corrected chi connectivity index (χ1v) is 10.7. The normalized spacial score (nSPS) is 10.9. The van der Waals surface area contributed by atoms with Crippen LogP contribution in [0.1, 0.15) is 25.0 Å². The molecule has 5 nitrogen and oxygen atoms in total. The van der Waals surface area contributed by atoms with Crippen molar-refractivity contribution in [3.05, 3.63) is 59.7 Å². The zero-order valence-electron chi connectivity index (χ0n) is 17.3. The Morgan fingerprint density at radius 2 is 1.45 bits per heavy atom. The molecule has 0 spiro atoms. The van der Waals surface area contributed by atoms with E-state index >= 15 is 0 Å². The van der Waals surface area contributed by atoms with Gasteiger partial charge in [0.25, 0.3) is 0 Å². The first-order chi connectivity index (χ1) is 13.9. The van der Waals surface area contributed by atoms with E-state index in [4.69, 9.17) is 4.98 Å². The van der Waals surface area contributed by atoms with Crippen molar-refractivity contribution in [3.63, 3.8) is 0 Å². The average Bonchev–Trinajstić information content (AvgIpc) is 2.72. The Balaban J connectivity index is 1.89. The molecule has 29 heavy (non-hydrogen) atoms. The van der Waals surface area contributed by atoms with Gasteiger partial charge in [0, 0.05) is 17.7 Å². The molecule has 0 fully saturated rings. The summed E-state index contributed by atoms with van der Waals surface area (Å²) in [6, 6.07) is 16.4. The van der Waals surface area contributed by atoms with E-state index in [1.54, 1.807) is 0 Å². The molecule has 0 aliphatic heterocycles. The number of carbonyl (C=O) groups excluding carboxylic acids is 1. The Bertz CT molecular complexity index is 969. The predicted molar refractivity (Wildman–Crippen MR) is 119 cm³/mol. The van der Waals surface area contributed by atoms with Crippen LogP contribution < -0.4 is 5.32 Å². The molecule has 0 aliphatic carbocycles. The van der Waals surface area contributed by atoms with Crippen LogP contribution in [0.25, 0.3) is 22.5 Å². The number of aromatic nitrogens is 3. The SMILES string of the molecule is Cc1ccc(-c2nnc(SCC(=O)NCC(C)C)nc2-c2ccc(C)cc2)cc1. The topological polar surface area (TPSA) is 67.8 Å². The van der Waals surface area contributed by atoms with E-state index < -0.39 is 0 Å². The number of hydrogen-bond acceptors (Lipinski definition) is 5. The molecule has 0 atom stereocenters. The lowest BCUT2D eigenvalue weighted by molar-refractivity contribution is -0.118. The minimum Gasteiger partial charge on any atom is -0.355 e. The van der Waals surface area contributed by atoms with Gasteiger partial charge in [-0.05, 0) is 19.8 Å². The van der Waals surface area contributed by atoms with E-state index in [2.05, 4.69) is 67.5 Å². The number of thioether (sulfide) groups is 1. The molecule has 1 aromatic heterocycles. The fraction of sp³-hybridized carbons (Fsp3) is 0.304. The van der Waals surface area contributed by atoms with Crippen molar-refractivity contribution in [2.24, 2.45) is 5.92 Å². The highest BCUT2D eigenvalue weighted by atomic mass is 32.2. The highest BCUT2D eigenvalue weighted by molar-refractivity contribution is 7.99. The van der Waals surface area contributed by atoms with Crippen molar-refractivity contribution >= 4 is 17.7 Å². The molecule has 1 N–H and O–H groups in total. The quantitative estimate of drug-likeness (QED) is 0.577. The third-order valence-electron chi connectivity index (χ3n) is 4.36. The van der Waals surface area contributed by atoms with Crippen molar-refractivity contribution in [2.45, 2.75) is 32.9 Å². The smallest absolute Gasteiger partial charge is 0.230 e. The molecule has 3 rings (SSSR count). The molecule has 1 amide bonds. The second-order valence-corrected chi connectivity index (χ2v) is 8.45. The van der Waals surface area contributed by atoms with Crippen LogP contribution >= 0.6 is 11.8 Å². The molecule has 0 saturated heterocycles. The van der Waals surface area contributed by atoms with Crippen LogP contribution in [0.5, 0.6) is 0 Å². The third kappa shape index (κ3) is 5.87. The summed E-state index contributed by atoms with van der Waals surface area (Å²) in [5, 5.41) is 12.1. The van der Waals surface area contributed by atoms with Crippen molar-refractivity contribution in [3.8, 4) is 22.5 Å². The zero-order chi connectivity index (χ0) is 20.8. The molecule has 150 valence electrons. The van der Waals surface area contributed by atoms with Gasteiger partial charge in [-0.25, -0.2) is 4.98 Å². The Morgan fingerprint density at radius 3 is 2.00 bits per heavy atom. The minimum absolute atomic E-state index is 0.0215. The van der Waals surface area contributed by atoms with Crippen LogP contribution in [0.4, 0.5) is 0 Å². The number of nitrogens with zero attached hydrogens (tertiary/aromatic N) is 3. The Labute approximate surface area is 176 Å². The number of benzene rings is 2. The van der Waals surface area contributed by atoms with E-state index in [1.165, 1.54) is 22.9 Å². The van der Waals surface area contributed by atoms with E-state index in [-0.39, 0.29) is 11.7 Å². The Hall–Kier alpha value is -2.73. The summed E-state index contributed by atoms with van der Waals surface area (Å²) < 4.78 is 0. The second-order valence-electron chi connectivity index (χ2n) is 7.51. The summed E-state index contributed by atoms with van der Waals surface area (Å²) in [5.41, 5.74) is 5.83. The van der Waals surface area contributed by atoms with Gasteiger partial charge in [-0.1, -0.05) is 85.3 Å². The fourth-order valence-electron chi connectivity index (χ4n) is 2.69. The summed E-state index contributed by atoms with van der Waals surface area (Å²) in [6.07, 6.45) is 0. The van der Waals surface area contributed by atoms with Gasteiger partial charge < -0.3 is 5.32 Å². The number of hydrogen-bond donors (Lipinski definition) is 1. The predicted octanol–water partition coefficient (Wildman–Crippen LogP) is 4.69. The number of nitrogens with one attached hydrogen (secondary N) is 1. The van der Waals surface area contributed by atoms with Gasteiger partial charge in [-0.2, -0.15) is 0 Å². The average molecular weight is 407 g/mol. The number of carbonyl (C=O) groups is 1. The van der Waals surface area contributed by atoms with E-state index in [0.29, 0.717) is 17.6 Å². The summed E-state index contributed by atoms with van der Waals surface area (Å²) in [5.74, 6) is 0.668. The van der Waals surface area contributed by atoms with E-state index in [1.807, 2.05) is 24.3 Å². The molecular formula is C23H26N4OS. The summed E-state index contributed by atoms with van der Waals surface area (Å²) in [4.78, 5) is 16.8. The Kier molecular flexibility index (Phi) is 6.99.